The molecule has 38 heavy (non-hydrogen) atoms. The number of halogens is 1. The maximum absolute atomic E-state index is 13.3. The lowest BCUT2D eigenvalue weighted by molar-refractivity contribution is -0.124. The highest BCUT2D eigenvalue weighted by atomic mass is 35.5. The summed E-state index contributed by atoms with van der Waals surface area (Å²) in [5.41, 5.74) is 2.94. The number of carbonyl (C=O) groups excluding carboxylic acids is 2. The molecule has 6 nitrogen and oxygen atoms in total. The summed E-state index contributed by atoms with van der Waals surface area (Å²) in [6.45, 7) is 1.96. The Balaban J connectivity index is 1.42. The fourth-order valence-electron chi connectivity index (χ4n) is 5.30. The van der Waals surface area contributed by atoms with Crippen molar-refractivity contribution in [2.75, 3.05) is 10.2 Å². The number of benzene rings is 1. The zero-order valence-corrected chi connectivity index (χ0v) is 23.3. The smallest absolute Gasteiger partial charge is 0.243 e. The highest BCUT2D eigenvalue weighted by Crippen LogP contribution is 2.37. The molecule has 2 aliphatic carbocycles. The summed E-state index contributed by atoms with van der Waals surface area (Å²) in [7, 11) is 0. The molecule has 2 saturated carbocycles. The third kappa shape index (κ3) is 6.75. The molecule has 2 fully saturated rings. The van der Waals surface area contributed by atoms with Gasteiger partial charge >= 0.3 is 0 Å². The van der Waals surface area contributed by atoms with Crippen LogP contribution in [0.25, 0.3) is 0 Å². The lowest BCUT2D eigenvalue weighted by atomic mass is 9.97. The molecule has 0 saturated heterocycles. The molecule has 2 N–H and O–H groups in total. The van der Waals surface area contributed by atoms with Gasteiger partial charge in [-0.25, -0.2) is 0 Å². The predicted octanol–water partition coefficient (Wildman–Crippen LogP) is 6.69. The van der Waals surface area contributed by atoms with Crippen molar-refractivity contribution in [3.63, 3.8) is 0 Å². The summed E-state index contributed by atoms with van der Waals surface area (Å²) < 4.78 is 0. The van der Waals surface area contributed by atoms with Crippen molar-refractivity contribution >= 4 is 45.9 Å². The van der Waals surface area contributed by atoms with Crippen LogP contribution in [-0.4, -0.2) is 29.4 Å². The zero-order valence-electron chi connectivity index (χ0n) is 21.7. The van der Waals surface area contributed by atoms with Crippen LogP contribution < -0.4 is 15.5 Å². The molecular weight excluding hydrogens is 516 g/mol. The third-order valence-electron chi connectivity index (χ3n) is 7.58. The van der Waals surface area contributed by atoms with Crippen LogP contribution in [0.1, 0.15) is 67.1 Å². The Morgan fingerprint density at radius 1 is 1.16 bits per heavy atom. The van der Waals surface area contributed by atoms with Gasteiger partial charge in [0.1, 0.15) is 6.04 Å². The van der Waals surface area contributed by atoms with Gasteiger partial charge in [-0.2, -0.15) is 0 Å². The molecule has 3 aromatic rings. The third-order valence-corrected chi connectivity index (χ3v) is 9.00. The average molecular weight is 551 g/mol. The number of hydrogen-bond acceptors (Lipinski definition) is 5. The Morgan fingerprint density at radius 2 is 1.92 bits per heavy atom. The SMILES string of the molecule is Cc1ncc(Cl)cc1N[C@@H](Cc1ccccc1)c1ccc(N(C=O)[C@@H](CC2CCCC2)C(=O)NC2CC2)s1. The van der Waals surface area contributed by atoms with E-state index in [1.54, 1.807) is 22.4 Å². The van der Waals surface area contributed by atoms with E-state index in [0.29, 0.717) is 17.4 Å². The lowest BCUT2D eigenvalue weighted by Gasteiger charge is -2.28. The van der Waals surface area contributed by atoms with Crippen molar-refractivity contribution in [3.8, 4) is 0 Å². The minimum atomic E-state index is -0.484. The number of thiophene rings is 1. The summed E-state index contributed by atoms with van der Waals surface area (Å²) in [6.07, 6.45) is 10.7. The molecule has 0 radical (unpaired) electrons. The molecule has 2 atom stereocenters. The second kappa shape index (κ2) is 12.3. The first-order valence-electron chi connectivity index (χ1n) is 13.6. The molecule has 5 rings (SSSR count). The van der Waals surface area contributed by atoms with Crippen molar-refractivity contribution in [2.24, 2.45) is 5.92 Å². The second-order valence-corrected chi connectivity index (χ2v) is 12.1. The van der Waals surface area contributed by atoms with E-state index in [2.05, 4.69) is 33.8 Å². The number of nitrogens with zero attached hydrogens (tertiary/aromatic N) is 2. The topological polar surface area (TPSA) is 74.3 Å². The number of nitrogens with one attached hydrogen (secondary N) is 2. The van der Waals surface area contributed by atoms with E-state index >= 15 is 0 Å². The van der Waals surface area contributed by atoms with Crippen LogP contribution in [0, 0.1) is 12.8 Å². The van der Waals surface area contributed by atoms with Crippen molar-refractivity contribution in [3.05, 3.63) is 75.9 Å². The molecule has 2 amide bonds. The molecule has 0 unspecified atom stereocenters. The maximum atomic E-state index is 13.3. The van der Waals surface area contributed by atoms with E-state index in [-0.39, 0.29) is 18.0 Å². The number of amides is 2. The van der Waals surface area contributed by atoms with Gasteiger partial charge in [-0.3, -0.25) is 19.5 Å². The van der Waals surface area contributed by atoms with Crippen molar-refractivity contribution in [1.82, 2.24) is 10.3 Å². The van der Waals surface area contributed by atoms with E-state index in [0.717, 1.165) is 59.8 Å². The zero-order chi connectivity index (χ0) is 26.5. The molecule has 0 spiro atoms. The van der Waals surface area contributed by atoms with Crippen molar-refractivity contribution in [2.45, 2.75) is 76.4 Å². The largest absolute Gasteiger partial charge is 0.376 e. The van der Waals surface area contributed by atoms with Crippen LogP contribution >= 0.6 is 22.9 Å². The van der Waals surface area contributed by atoms with Crippen LogP contribution in [0.4, 0.5) is 10.7 Å². The van der Waals surface area contributed by atoms with Gasteiger partial charge in [-0.05, 0) is 62.3 Å². The Hall–Kier alpha value is -2.90. The van der Waals surface area contributed by atoms with E-state index in [1.807, 2.05) is 37.3 Å². The molecule has 200 valence electrons. The van der Waals surface area contributed by atoms with Crippen molar-refractivity contribution in [1.29, 1.82) is 0 Å². The van der Waals surface area contributed by atoms with Gasteiger partial charge in [0.05, 0.1) is 27.4 Å². The van der Waals surface area contributed by atoms with E-state index < -0.39 is 6.04 Å². The highest BCUT2D eigenvalue weighted by molar-refractivity contribution is 7.16. The van der Waals surface area contributed by atoms with Gasteiger partial charge in [-0.15, -0.1) is 11.3 Å². The van der Waals surface area contributed by atoms with Crippen LogP contribution in [0.5, 0.6) is 0 Å². The van der Waals surface area contributed by atoms with Crippen LogP contribution in [0.15, 0.2) is 54.7 Å². The highest BCUT2D eigenvalue weighted by Gasteiger charge is 2.34. The fourth-order valence-corrected chi connectivity index (χ4v) is 6.53. The number of anilines is 2. The summed E-state index contributed by atoms with van der Waals surface area (Å²) in [5, 5.41) is 8.17. The van der Waals surface area contributed by atoms with Gasteiger partial charge in [-0.1, -0.05) is 67.6 Å². The average Bonchev–Trinajstić information content (AvgIpc) is 3.36. The summed E-state index contributed by atoms with van der Waals surface area (Å²) in [5.74, 6) is 0.457. The minimum Gasteiger partial charge on any atom is -0.376 e. The molecule has 1 aromatic carbocycles. The Labute approximate surface area is 233 Å². The van der Waals surface area contributed by atoms with Gasteiger partial charge in [0, 0.05) is 17.1 Å². The van der Waals surface area contributed by atoms with Crippen LogP contribution in [0.3, 0.4) is 0 Å². The second-order valence-electron chi connectivity index (χ2n) is 10.5. The van der Waals surface area contributed by atoms with Gasteiger partial charge in [0.25, 0.3) is 0 Å². The van der Waals surface area contributed by atoms with E-state index in [4.69, 9.17) is 11.6 Å². The minimum absolute atomic E-state index is 0.0268. The predicted molar refractivity (Wildman–Crippen MR) is 155 cm³/mol. The summed E-state index contributed by atoms with van der Waals surface area (Å²) >= 11 is 7.82. The Morgan fingerprint density at radius 3 is 2.63 bits per heavy atom. The molecular formula is C30H35ClN4O2S. The van der Waals surface area contributed by atoms with Crippen molar-refractivity contribution < 1.29 is 9.59 Å². The van der Waals surface area contributed by atoms with E-state index in [9.17, 15) is 9.59 Å². The Bertz CT molecular complexity index is 1240. The van der Waals surface area contributed by atoms with Crippen LogP contribution in [0.2, 0.25) is 5.02 Å². The molecule has 2 aromatic heterocycles. The van der Waals surface area contributed by atoms with Gasteiger partial charge in [0.2, 0.25) is 12.3 Å². The van der Waals surface area contributed by atoms with Gasteiger partial charge in [0.15, 0.2) is 0 Å². The number of aryl methyl sites for hydroxylation is 1. The van der Waals surface area contributed by atoms with Gasteiger partial charge < -0.3 is 10.6 Å². The number of carbonyl (C=O) groups is 2. The quantitative estimate of drug-likeness (QED) is 0.246. The maximum Gasteiger partial charge on any atom is 0.243 e. The number of aromatic nitrogens is 1. The molecule has 2 heterocycles. The number of rotatable bonds is 12. The number of pyridine rings is 1. The Kier molecular flexibility index (Phi) is 8.65. The molecule has 0 bridgehead atoms. The normalized spacial score (nSPS) is 17.1. The summed E-state index contributed by atoms with van der Waals surface area (Å²) in [4.78, 5) is 32.9. The first-order valence-corrected chi connectivity index (χ1v) is 14.8. The molecule has 0 aliphatic heterocycles. The molecule has 2 aliphatic rings. The number of hydrogen-bond donors (Lipinski definition) is 2. The van der Waals surface area contributed by atoms with Crippen LogP contribution in [-0.2, 0) is 16.0 Å². The first kappa shape index (κ1) is 26.7. The van der Waals surface area contributed by atoms with E-state index in [1.165, 1.54) is 18.4 Å². The molecule has 8 heteroatoms. The standard InChI is InChI=1S/C30H35ClN4O2S/c1-20-25(17-23(31)18-32-20)34-26(15-21-7-3-2-4-8-21)28-13-14-29(38-28)35(19-36)27(16-22-9-5-6-10-22)30(37)33-24-11-12-24/h2-4,7-8,13-14,17-19,22,24,26-27,34H,5-6,9-12,15-16H2,1H3,(H,33,37)/t26-,27-/m0/s1. The first-order chi connectivity index (χ1) is 18.5. The fraction of sp³-hybridized carbons (Fsp3) is 0.433. The lowest BCUT2D eigenvalue weighted by Crippen LogP contribution is -2.48. The summed E-state index contributed by atoms with van der Waals surface area (Å²) in [6, 6.07) is 16.0. The monoisotopic (exact) mass is 550 g/mol.